The molecule has 0 aromatic carbocycles. The highest BCUT2D eigenvalue weighted by Crippen LogP contribution is 2.30. The van der Waals surface area contributed by atoms with Gasteiger partial charge in [-0.25, -0.2) is 9.97 Å². The molecule has 0 aliphatic heterocycles. The summed E-state index contributed by atoms with van der Waals surface area (Å²) < 4.78 is 29.6. The van der Waals surface area contributed by atoms with E-state index >= 15 is 0 Å². The zero-order valence-corrected chi connectivity index (χ0v) is 11.9. The number of hydrogen-bond acceptors (Lipinski definition) is 4. The van der Waals surface area contributed by atoms with Crippen LogP contribution in [0.2, 0.25) is 10.4 Å². The van der Waals surface area contributed by atoms with Gasteiger partial charge in [0.05, 0.1) is 12.9 Å². The first-order chi connectivity index (χ1) is 9.97. The Morgan fingerprint density at radius 2 is 1.95 bits per heavy atom. The minimum atomic E-state index is -3.18. The summed E-state index contributed by atoms with van der Waals surface area (Å²) in [6.07, 6.45) is 2.53. The van der Waals surface area contributed by atoms with E-state index in [2.05, 4.69) is 19.9 Å². The normalized spacial score (nSPS) is 12.0. The minimum absolute atomic E-state index is 0.0184. The van der Waals surface area contributed by atoms with Crippen LogP contribution in [-0.4, -0.2) is 24.5 Å². The van der Waals surface area contributed by atoms with Crippen molar-refractivity contribution in [3.8, 4) is 0 Å². The summed E-state index contributed by atoms with van der Waals surface area (Å²) in [7, 11) is 0. The first kappa shape index (κ1) is 14.1. The van der Waals surface area contributed by atoms with Gasteiger partial charge in [0.15, 0.2) is 10.8 Å². The highest BCUT2D eigenvalue weighted by molar-refractivity contribution is 6.35. The Morgan fingerprint density at radius 1 is 1.14 bits per heavy atom. The van der Waals surface area contributed by atoms with E-state index in [0.717, 1.165) is 0 Å². The third kappa shape index (κ3) is 2.66. The predicted octanol–water partition coefficient (Wildman–Crippen LogP) is 3.32. The molecule has 3 rings (SSSR count). The fourth-order valence-corrected chi connectivity index (χ4v) is 2.30. The van der Waals surface area contributed by atoms with Crippen LogP contribution in [0.25, 0.3) is 11.2 Å². The lowest BCUT2D eigenvalue weighted by atomic mass is 10.2. The number of alkyl halides is 2. The van der Waals surface area contributed by atoms with Crippen molar-refractivity contribution in [2.75, 3.05) is 0 Å². The van der Waals surface area contributed by atoms with Gasteiger partial charge >= 0.3 is 5.92 Å². The smallest absolute Gasteiger partial charge is 0.307 e. The Hall–Kier alpha value is -1.86. The Bertz CT molecular complexity index is 791. The first-order valence-electron chi connectivity index (χ1n) is 5.80. The molecular formula is C12H7Cl2F2N5. The first-order valence-corrected chi connectivity index (χ1v) is 6.56. The van der Waals surface area contributed by atoms with Gasteiger partial charge in [-0.1, -0.05) is 17.7 Å². The molecule has 0 saturated carbocycles. The van der Waals surface area contributed by atoms with Crippen LogP contribution in [0.1, 0.15) is 5.69 Å². The summed E-state index contributed by atoms with van der Waals surface area (Å²) in [6, 6.07) is 4.32. The topological polar surface area (TPSA) is 56.5 Å². The van der Waals surface area contributed by atoms with E-state index < -0.39 is 12.5 Å². The third-order valence-corrected chi connectivity index (χ3v) is 3.24. The van der Waals surface area contributed by atoms with Gasteiger partial charge in [0.1, 0.15) is 11.2 Å². The molecule has 0 aliphatic rings. The minimum Gasteiger partial charge on any atom is -0.309 e. The number of halogens is 4. The van der Waals surface area contributed by atoms with E-state index in [4.69, 9.17) is 23.2 Å². The largest absolute Gasteiger partial charge is 0.309 e. The molecule has 0 amide bonds. The number of imidazole rings is 1. The van der Waals surface area contributed by atoms with E-state index in [1.807, 2.05) is 0 Å². The maximum Gasteiger partial charge on any atom is 0.307 e. The highest BCUT2D eigenvalue weighted by atomic mass is 35.5. The maximum absolute atomic E-state index is 14.2. The van der Waals surface area contributed by atoms with Crippen LogP contribution in [0.5, 0.6) is 0 Å². The zero-order valence-electron chi connectivity index (χ0n) is 10.3. The lowest BCUT2D eigenvalue weighted by Crippen LogP contribution is -2.22. The number of hydrogen-bond donors (Lipinski definition) is 0. The van der Waals surface area contributed by atoms with Crippen LogP contribution in [0.3, 0.4) is 0 Å². The molecule has 0 radical (unpaired) electrons. The van der Waals surface area contributed by atoms with Gasteiger partial charge in [-0.05, 0) is 23.7 Å². The Morgan fingerprint density at radius 3 is 2.67 bits per heavy atom. The summed E-state index contributed by atoms with van der Waals surface area (Å²) in [4.78, 5) is 15.2. The van der Waals surface area contributed by atoms with Gasteiger partial charge in [0.25, 0.3) is 0 Å². The molecule has 108 valence electrons. The fraction of sp³-hybridized carbons (Fsp3) is 0.167. The van der Waals surface area contributed by atoms with E-state index in [-0.39, 0.29) is 27.3 Å². The molecule has 0 aliphatic carbocycles. The summed E-state index contributed by atoms with van der Waals surface area (Å²) in [6.45, 7) is -0.676. The van der Waals surface area contributed by atoms with Gasteiger partial charge in [-0.15, -0.1) is 0 Å². The van der Waals surface area contributed by atoms with E-state index in [1.54, 1.807) is 6.07 Å². The Labute approximate surface area is 127 Å². The Kier molecular flexibility index (Phi) is 3.46. The highest BCUT2D eigenvalue weighted by Gasteiger charge is 2.34. The standard InChI is InChI=1S/C12H7Cl2F2N5/c13-9-8-10(20-11(14)19-9)21(6-18-8)5-12(15,16)7-3-1-2-4-17-7/h1-4,6H,5H2. The monoisotopic (exact) mass is 329 g/mol. The molecule has 3 aromatic heterocycles. The van der Waals surface area contributed by atoms with Gasteiger partial charge < -0.3 is 4.57 Å². The maximum atomic E-state index is 14.2. The number of pyridine rings is 1. The summed E-state index contributed by atoms with van der Waals surface area (Å²) in [5.74, 6) is -3.18. The molecule has 3 heterocycles. The SMILES string of the molecule is FC(F)(Cn1cnc2c(Cl)nc(Cl)nc21)c1ccccn1. The number of aromatic nitrogens is 5. The van der Waals surface area contributed by atoms with E-state index in [9.17, 15) is 8.78 Å². The molecule has 3 aromatic rings. The van der Waals surface area contributed by atoms with Crippen molar-refractivity contribution >= 4 is 34.4 Å². The average Bonchev–Trinajstić information content (AvgIpc) is 2.82. The predicted molar refractivity (Wildman–Crippen MR) is 73.5 cm³/mol. The fourth-order valence-electron chi connectivity index (χ4n) is 1.87. The van der Waals surface area contributed by atoms with Gasteiger partial charge in [-0.2, -0.15) is 13.8 Å². The van der Waals surface area contributed by atoms with Gasteiger partial charge in [-0.3, -0.25) is 4.98 Å². The molecule has 0 bridgehead atoms. The van der Waals surface area contributed by atoms with Crippen molar-refractivity contribution in [3.63, 3.8) is 0 Å². The molecule has 5 nitrogen and oxygen atoms in total. The van der Waals surface area contributed by atoms with E-state index in [1.165, 1.54) is 29.2 Å². The number of rotatable bonds is 3. The molecule has 21 heavy (non-hydrogen) atoms. The van der Waals surface area contributed by atoms with Gasteiger partial charge in [0, 0.05) is 6.20 Å². The second-order valence-electron chi connectivity index (χ2n) is 4.25. The van der Waals surface area contributed by atoms with E-state index in [0.29, 0.717) is 0 Å². The van der Waals surface area contributed by atoms with Crippen LogP contribution in [0.4, 0.5) is 8.78 Å². The average molecular weight is 330 g/mol. The summed E-state index contributed by atoms with van der Waals surface area (Å²) >= 11 is 11.5. The lowest BCUT2D eigenvalue weighted by molar-refractivity contribution is -0.0256. The third-order valence-electron chi connectivity index (χ3n) is 2.80. The quantitative estimate of drug-likeness (QED) is 0.546. The molecular weight excluding hydrogens is 323 g/mol. The molecule has 0 atom stereocenters. The molecule has 9 heteroatoms. The number of fused-ring (bicyclic) bond motifs is 1. The lowest BCUT2D eigenvalue weighted by Gasteiger charge is -2.16. The van der Waals surface area contributed by atoms with Crippen molar-refractivity contribution in [1.29, 1.82) is 0 Å². The van der Waals surface area contributed by atoms with Crippen molar-refractivity contribution in [3.05, 3.63) is 46.9 Å². The van der Waals surface area contributed by atoms with Crippen LogP contribution < -0.4 is 0 Å². The van der Waals surface area contributed by atoms with Crippen molar-refractivity contribution in [2.24, 2.45) is 0 Å². The van der Waals surface area contributed by atoms with Crippen LogP contribution in [0, 0.1) is 0 Å². The van der Waals surface area contributed by atoms with Gasteiger partial charge in [0.2, 0.25) is 5.28 Å². The second-order valence-corrected chi connectivity index (χ2v) is 4.94. The van der Waals surface area contributed by atoms with Crippen LogP contribution >= 0.6 is 23.2 Å². The second kappa shape index (κ2) is 5.16. The molecule has 0 unspecified atom stereocenters. The summed E-state index contributed by atoms with van der Waals surface area (Å²) in [5.41, 5.74) is 0.0339. The van der Waals surface area contributed by atoms with Crippen LogP contribution in [0.15, 0.2) is 30.7 Å². The molecule has 0 N–H and O–H groups in total. The number of nitrogens with zero attached hydrogens (tertiary/aromatic N) is 5. The molecule has 0 fully saturated rings. The zero-order chi connectivity index (χ0) is 15.0. The Balaban J connectivity index is 2.02. The van der Waals surface area contributed by atoms with Crippen molar-refractivity contribution < 1.29 is 8.78 Å². The van der Waals surface area contributed by atoms with Crippen LogP contribution in [-0.2, 0) is 12.5 Å². The van der Waals surface area contributed by atoms with Crippen molar-refractivity contribution in [1.82, 2.24) is 24.5 Å². The molecule has 0 spiro atoms. The van der Waals surface area contributed by atoms with Crippen molar-refractivity contribution in [2.45, 2.75) is 12.5 Å². The molecule has 0 saturated heterocycles. The summed E-state index contributed by atoms with van der Waals surface area (Å²) in [5, 5.41) is -0.111.